The number of carbonyl (C=O) groups excluding carboxylic acids is 1. The molecule has 0 spiro atoms. The van der Waals surface area contributed by atoms with E-state index in [0.29, 0.717) is 6.42 Å². The largest absolute Gasteiger partial charge is 0.394 e. The lowest BCUT2D eigenvalue weighted by molar-refractivity contribution is -0.124. The van der Waals surface area contributed by atoms with Crippen molar-refractivity contribution in [1.29, 1.82) is 0 Å². The zero-order chi connectivity index (χ0) is 34.5. The molecule has 3 atom stereocenters. The number of hydrogen-bond acceptors (Lipinski definition) is 4. The molecule has 0 aromatic carbocycles. The van der Waals surface area contributed by atoms with Gasteiger partial charge < -0.3 is 20.6 Å². The zero-order valence-corrected chi connectivity index (χ0v) is 31.4. The highest BCUT2D eigenvalue weighted by Gasteiger charge is 2.20. The molecule has 0 aliphatic carbocycles. The first kappa shape index (κ1) is 45.8. The summed E-state index contributed by atoms with van der Waals surface area (Å²) in [5.74, 6) is -0.324. The number of aliphatic hydroxyl groups is 3. The molecule has 0 aromatic rings. The molecule has 0 saturated carbocycles. The van der Waals surface area contributed by atoms with Crippen LogP contribution in [0.5, 0.6) is 0 Å². The third kappa shape index (κ3) is 34.5. The van der Waals surface area contributed by atoms with Crippen molar-refractivity contribution in [2.75, 3.05) is 6.61 Å². The molecule has 4 N–H and O–H groups in total. The fraction of sp³-hybridized carbons (Fsp3) is 0.881. The van der Waals surface area contributed by atoms with Crippen LogP contribution in [0.25, 0.3) is 0 Å². The summed E-state index contributed by atoms with van der Waals surface area (Å²) in [6.07, 6.45) is 44.5. The van der Waals surface area contributed by atoms with Crippen molar-refractivity contribution in [2.45, 2.75) is 231 Å². The van der Waals surface area contributed by atoms with Crippen LogP contribution in [0.15, 0.2) is 24.3 Å². The minimum absolute atomic E-state index is 0.00938. The van der Waals surface area contributed by atoms with Gasteiger partial charge in [-0.3, -0.25) is 4.79 Å². The van der Waals surface area contributed by atoms with Gasteiger partial charge in [-0.25, -0.2) is 0 Å². The Kier molecular flexibility index (Phi) is 36.7. The summed E-state index contributed by atoms with van der Waals surface area (Å²) < 4.78 is 0. The highest BCUT2D eigenvalue weighted by Crippen LogP contribution is 2.15. The topological polar surface area (TPSA) is 89.8 Å². The van der Waals surface area contributed by atoms with Crippen molar-refractivity contribution in [3.63, 3.8) is 0 Å². The Labute approximate surface area is 292 Å². The van der Waals surface area contributed by atoms with Crippen LogP contribution in [0.3, 0.4) is 0 Å². The predicted molar refractivity (Wildman–Crippen MR) is 204 cm³/mol. The van der Waals surface area contributed by atoms with E-state index in [0.717, 1.165) is 32.1 Å². The number of allylic oxidation sites excluding steroid dienone is 3. The number of rotatable bonds is 37. The average Bonchev–Trinajstić information content (AvgIpc) is 3.06. The van der Waals surface area contributed by atoms with Crippen molar-refractivity contribution >= 4 is 5.91 Å². The van der Waals surface area contributed by atoms with Gasteiger partial charge in [0.05, 0.1) is 31.3 Å². The first-order valence-corrected chi connectivity index (χ1v) is 20.6. The van der Waals surface area contributed by atoms with E-state index in [1.165, 1.54) is 154 Å². The van der Waals surface area contributed by atoms with E-state index < -0.39 is 18.2 Å². The Balaban J connectivity index is 3.72. The molecule has 5 heteroatoms. The number of aliphatic hydroxyl groups excluding tert-OH is 3. The van der Waals surface area contributed by atoms with Crippen LogP contribution >= 0.6 is 0 Å². The van der Waals surface area contributed by atoms with Gasteiger partial charge in [-0.05, 0) is 32.1 Å². The van der Waals surface area contributed by atoms with Crippen LogP contribution in [-0.4, -0.2) is 46.1 Å². The van der Waals surface area contributed by atoms with Crippen molar-refractivity contribution in [2.24, 2.45) is 0 Å². The standard InChI is InChI=1S/C42H81NO4/c1-3-5-7-9-11-13-15-17-19-20-22-24-26-28-30-32-34-36-41(46)40(38-44)43-42(47)37-39(45)35-33-31-29-27-25-23-21-18-16-14-12-10-8-6-4-2/h26,28,34,36,39-41,44-46H,3-25,27,29-33,35,37-38H2,1-2H3,(H,43,47)/b28-26+,36-34+. The van der Waals surface area contributed by atoms with Crippen LogP contribution in [0.2, 0.25) is 0 Å². The van der Waals surface area contributed by atoms with Crippen LogP contribution in [-0.2, 0) is 4.79 Å². The summed E-state index contributed by atoms with van der Waals surface area (Å²) in [4.78, 5) is 12.4. The smallest absolute Gasteiger partial charge is 0.222 e. The molecule has 3 unspecified atom stereocenters. The Bertz CT molecular complexity index is 694. The number of unbranched alkanes of at least 4 members (excludes halogenated alkanes) is 26. The SMILES string of the molecule is CCCCCCCCCCCCC/C=C/CC/C=C/C(O)C(CO)NC(=O)CC(O)CCCCCCCCCCCCCCCCC. The molecule has 278 valence electrons. The molecule has 0 aliphatic rings. The fourth-order valence-electron chi connectivity index (χ4n) is 6.30. The van der Waals surface area contributed by atoms with E-state index >= 15 is 0 Å². The summed E-state index contributed by atoms with van der Waals surface area (Å²) in [6.45, 7) is 4.20. The molecule has 5 nitrogen and oxygen atoms in total. The Morgan fingerprint density at radius 2 is 0.915 bits per heavy atom. The second kappa shape index (κ2) is 37.6. The molecule has 0 aromatic heterocycles. The molecule has 0 saturated heterocycles. The van der Waals surface area contributed by atoms with Gasteiger partial charge in [-0.15, -0.1) is 0 Å². The first-order valence-electron chi connectivity index (χ1n) is 20.6. The monoisotopic (exact) mass is 664 g/mol. The van der Waals surface area contributed by atoms with Gasteiger partial charge in [-0.1, -0.05) is 199 Å². The van der Waals surface area contributed by atoms with Crippen LogP contribution in [0.1, 0.15) is 213 Å². The van der Waals surface area contributed by atoms with Crippen molar-refractivity contribution in [3.05, 3.63) is 24.3 Å². The molecular formula is C42H81NO4. The van der Waals surface area contributed by atoms with E-state index in [4.69, 9.17) is 0 Å². The summed E-state index contributed by atoms with van der Waals surface area (Å²) in [5, 5.41) is 33.1. The lowest BCUT2D eigenvalue weighted by Crippen LogP contribution is -2.45. The Morgan fingerprint density at radius 1 is 0.532 bits per heavy atom. The van der Waals surface area contributed by atoms with Crippen molar-refractivity contribution in [1.82, 2.24) is 5.32 Å². The highest BCUT2D eigenvalue weighted by atomic mass is 16.3. The quantitative estimate of drug-likeness (QED) is 0.0393. The second-order valence-corrected chi connectivity index (χ2v) is 14.2. The van der Waals surface area contributed by atoms with Crippen LogP contribution in [0.4, 0.5) is 0 Å². The van der Waals surface area contributed by atoms with Gasteiger partial charge in [0.25, 0.3) is 0 Å². The van der Waals surface area contributed by atoms with E-state index in [-0.39, 0.29) is 18.9 Å². The number of amides is 1. The van der Waals surface area contributed by atoms with E-state index in [2.05, 4.69) is 31.3 Å². The molecule has 0 heterocycles. The van der Waals surface area contributed by atoms with Crippen LogP contribution < -0.4 is 5.32 Å². The fourth-order valence-corrected chi connectivity index (χ4v) is 6.30. The van der Waals surface area contributed by atoms with E-state index in [9.17, 15) is 20.1 Å². The van der Waals surface area contributed by atoms with Gasteiger partial charge in [0, 0.05) is 0 Å². The minimum atomic E-state index is -0.947. The highest BCUT2D eigenvalue weighted by molar-refractivity contribution is 5.76. The van der Waals surface area contributed by atoms with Gasteiger partial charge in [0.1, 0.15) is 0 Å². The lowest BCUT2D eigenvalue weighted by Gasteiger charge is -2.21. The van der Waals surface area contributed by atoms with Crippen molar-refractivity contribution < 1.29 is 20.1 Å². The molecular weight excluding hydrogens is 582 g/mol. The molecule has 0 radical (unpaired) electrons. The maximum Gasteiger partial charge on any atom is 0.222 e. The molecule has 0 bridgehead atoms. The summed E-state index contributed by atoms with van der Waals surface area (Å²) in [5.41, 5.74) is 0. The molecule has 47 heavy (non-hydrogen) atoms. The summed E-state index contributed by atoms with van der Waals surface area (Å²) >= 11 is 0. The summed E-state index contributed by atoms with van der Waals surface area (Å²) in [7, 11) is 0. The molecule has 0 fully saturated rings. The van der Waals surface area contributed by atoms with Gasteiger partial charge in [0.15, 0.2) is 0 Å². The number of carbonyl (C=O) groups is 1. The molecule has 1 amide bonds. The Morgan fingerprint density at radius 3 is 1.36 bits per heavy atom. The zero-order valence-electron chi connectivity index (χ0n) is 31.4. The normalized spacial score (nSPS) is 13.9. The van der Waals surface area contributed by atoms with Crippen LogP contribution in [0, 0.1) is 0 Å². The minimum Gasteiger partial charge on any atom is -0.394 e. The molecule has 0 rings (SSSR count). The van der Waals surface area contributed by atoms with Gasteiger partial charge in [-0.2, -0.15) is 0 Å². The van der Waals surface area contributed by atoms with Crippen molar-refractivity contribution in [3.8, 4) is 0 Å². The average molecular weight is 664 g/mol. The molecule has 0 aliphatic heterocycles. The third-order valence-electron chi connectivity index (χ3n) is 9.49. The number of hydrogen-bond donors (Lipinski definition) is 4. The van der Waals surface area contributed by atoms with E-state index in [1.54, 1.807) is 6.08 Å². The van der Waals surface area contributed by atoms with Gasteiger partial charge >= 0.3 is 0 Å². The second-order valence-electron chi connectivity index (χ2n) is 14.2. The van der Waals surface area contributed by atoms with E-state index in [1.807, 2.05) is 6.08 Å². The number of nitrogens with one attached hydrogen (secondary N) is 1. The predicted octanol–water partition coefficient (Wildman–Crippen LogP) is 11.4. The maximum absolute atomic E-state index is 12.4. The maximum atomic E-state index is 12.4. The third-order valence-corrected chi connectivity index (χ3v) is 9.49. The Hall–Kier alpha value is -1.17. The van der Waals surface area contributed by atoms with Gasteiger partial charge in [0.2, 0.25) is 5.91 Å². The summed E-state index contributed by atoms with van der Waals surface area (Å²) in [6, 6.07) is -0.756. The first-order chi connectivity index (χ1) is 23.0. The lowest BCUT2D eigenvalue weighted by atomic mass is 10.0.